The van der Waals surface area contributed by atoms with Crippen LogP contribution >= 0.6 is 0 Å². The highest BCUT2D eigenvalue weighted by Gasteiger charge is 2.12. The zero-order valence-corrected chi connectivity index (χ0v) is 9.54. The summed E-state index contributed by atoms with van der Waals surface area (Å²) in [4.78, 5) is 11.1. The number of H-pyrrole nitrogens is 1. The molecule has 0 atom stereocenters. The van der Waals surface area contributed by atoms with Crippen molar-refractivity contribution in [2.75, 3.05) is 0 Å². The van der Waals surface area contributed by atoms with Crippen LogP contribution in [0.25, 0.3) is 22.4 Å². The van der Waals surface area contributed by atoms with E-state index < -0.39 is 11.6 Å². The largest absolute Gasteiger partial charge is 0.338 e. The number of aromatic amines is 1. The van der Waals surface area contributed by atoms with Crippen LogP contribution in [-0.4, -0.2) is 15.0 Å². The van der Waals surface area contributed by atoms with Gasteiger partial charge >= 0.3 is 0 Å². The molecule has 0 spiro atoms. The number of halogens is 2. The fraction of sp³-hybridized carbons (Fsp3) is 0.0769. The van der Waals surface area contributed by atoms with E-state index in [1.165, 1.54) is 6.07 Å². The van der Waals surface area contributed by atoms with E-state index in [1.807, 2.05) is 19.1 Å². The molecular formula is C13H9F2N3. The number of pyridine rings is 1. The third-order valence-electron chi connectivity index (χ3n) is 2.73. The van der Waals surface area contributed by atoms with Crippen molar-refractivity contribution in [3.63, 3.8) is 0 Å². The Morgan fingerprint density at radius 3 is 2.67 bits per heavy atom. The van der Waals surface area contributed by atoms with E-state index in [9.17, 15) is 8.78 Å². The molecule has 0 fully saturated rings. The normalized spacial score (nSPS) is 11.1. The molecule has 0 unspecified atom stereocenters. The number of nitrogens with zero attached hydrogens (tertiary/aromatic N) is 2. The molecule has 0 aliphatic carbocycles. The maximum atomic E-state index is 13.5. The van der Waals surface area contributed by atoms with E-state index in [2.05, 4.69) is 15.0 Å². The van der Waals surface area contributed by atoms with Crippen LogP contribution in [0.2, 0.25) is 0 Å². The second kappa shape index (κ2) is 3.87. The van der Waals surface area contributed by atoms with Gasteiger partial charge in [-0.2, -0.15) is 0 Å². The number of hydrogen-bond donors (Lipinski definition) is 1. The van der Waals surface area contributed by atoms with E-state index >= 15 is 0 Å². The molecule has 3 rings (SSSR count). The SMILES string of the molecule is Cc1ccc(-c2nc3c(F)c(F)ccc3[nH]2)cn1. The third kappa shape index (κ3) is 1.64. The Hall–Kier alpha value is -2.30. The highest BCUT2D eigenvalue weighted by atomic mass is 19.2. The Balaban J connectivity index is 2.19. The quantitative estimate of drug-likeness (QED) is 0.715. The van der Waals surface area contributed by atoms with Gasteiger partial charge in [-0.25, -0.2) is 13.8 Å². The minimum absolute atomic E-state index is 0.00516. The second-order valence-corrected chi connectivity index (χ2v) is 4.03. The first-order valence-electron chi connectivity index (χ1n) is 5.42. The number of rotatable bonds is 1. The number of benzene rings is 1. The lowest BCUT2D eigenvalue weighted by molar-refractivity contribution is 0.515. The van der Waals surface area contributed by atoms with E-state index in [0.717, 1.165) is 17.3 Å². The van der Waals surface area contributed by atoms with Gasteiger partial charge in [0.1, 0.15) is 11.3 Å². The number of aromatic nitrogens is 3. The summed E-state index contributed by atoms with van der Waals surface area (Å²) in [6, 6.07) is 6.20. The molecule has 0 bridgehead atoms. The highest BCUT2D eigenvalue weighted by molar-refractivity contribution is 5.79. The Morgan fingerprint density at radius 2 is 1.94 bits per heavy atom. The zero-order chi connectivity index (χ0) is 12.7. The van der Waals surface area contributed by atoms with Gasteiger partial charge in [-0.15, -0.1) is 0 Å². The van der Waals surface area contributed by atoms with E-state index in [4.69, 9.17) is 0 Å². The predicted octanol–water partition coefficient (Wildman–Crippen LogP) is 3.21. The number of hydrogen-bond acceptors (Lipinski definition) is 2. The molecule has 0 aliphatic rings. The number of nitrogens with one attached hydrogen (secondary N) is 1. The van der Waals surface area contributed by atoms with Crippen LogP contribution in [0, 0.1) is 18.6 Å². The van der Waals surface area contributed by atoms with Gasteiger partial charge in [0.05, 0.1) is 5.52 Å². The summed E-state index contributed by atoms with van der Waals surface area (Å²) in [5.41, 5.74) is 2.08. The number of imidazole rings is 1. The molecule has 18 heavy (non-hydrogen) atoms. The molecule has 90 valence electrons. The molecule has 0 amide bonds. The smallest absolute Gasteiger partial charge is 0.186 e. The van der Waals surface area contributed by atoms with Crippen LogP contribution < -0.4 is 0 Å². The molecule has 1 aromatic carbocycles. The maximum absolute atomic E-state index is 13.5. The van der Waals surface area contributed by atoms with Gasteiger partial charge in [-0.05, 0) is 31.2 Å². The van der Waals surface area contributed by atoms with Crippen LogP contribution in [0.3, 0.4) is 0 Å². The first-order chi connectivity index (χ1) is 8.65. The fourth-order valence-electron chi connectivity index (χ4n) is 1.76. The molecule has 5 heteroatoms. The Bertz CT molecular complexity index is 717. The van der Waals surface area contributed by atoms with Crippen molar-refractivity contribution in [1.29, 1.82) is 0 Å². The predicted molar refractivity (Wildman–Crippen MR) is 64.0 cm³/mol. The molecular weight excluding hydrogens is 236 g/mol. The number of aryl methyl sites for hydroxylation is 1. The molecule has 0 saturated heterocycles. The molecule has 3 aromatic rings. The topological polar surface area (TPSA) is 41.6 Å². The lowest BCUT2D eigenvalue weighted by Crippen LogP contribution is -1.85. The van der Waals surface area contributed by atoms with Crippen LogP contribution in [-0.2, 0) is 0 Å². The average molecular weight is 245 g/mol. The summed E-state index contributed by atoms with van der Waals surface area (Å²) < 4.78 is 26.6. The highest BCUT2D eigenvalue weighted by Crippen LogP contribution is 2.23. The van der Waals surface area contributed by atoms with Crippen LogP contribution in [0.4, 0.5) is 8.78 Å². The lowest BCUT2D eigenvalue weighted by atomic mass is 10.2. The zero-order valence-electron chi connectivity index (χ0n) is 9.54. The van der Waals surface area contributed by atoms with Crippen molar-refractivity contribution in [3.05, 3.63) is 47.8 Å². The van der Waals surface area contributed by atoms with Gasteiger partial charge in [0.15, 0.2) is 11.6 Å². The van der Waals surface area contributed by atoms with Crippen LogP contribution in [0.15, 0.2) is 30.5 Å². The molecule has 0 aliphatic heterocycles. The van der Waals surface area contributed by atoms with Gasteiger partial charge in [-0.1, -0.05) is 0 Å². The molecule has 2 aromatic heterocycles. The number of fused-ring (bicyclic) bond motifs is 1. The average Bonchev–Trinajstić information content (AvgIpc) is 2.80. The van der Waals surface area contributed by atoms with E-state index in [0.29, 0.717) is 11.3 Å². The Labute approximate surface area is 102 Å². The first kappa shape index (κ1) is 10.8. The minimum atomic E-state index is -0.935. The maximum Gasteiger partial charge on any atom is 0.186 e. The van der Waals surface area contributed by atoms with Crippen molar-refractivity contribution in [3.8, 4) is 11.4 Å². The van der Waals surface area contributed by atoms with Crippen LogP contribution in [0.5, 0.6) is 0 Å². The van der Waals surface area contributed by atoms with Crippen LogP contribution in [0.1, 0.15) is 5.69 Å². The van der Waals surface area contributed by atoms with Gasteiger partial charge in [0.2, 0.25) is 0 Å². The molecule has 2 heterocycles. The van der Waals surface area contributed by atoms with Gasteiger partial charge in [0, 0.05) is 17.5 Å². The van der Waals surface area contributed by atoms with Gasteiger partial charge in [-0.3, -0.25) is 4.98 Å². The minimum Gasteiger partial charge on any atom is -0.338 e. The summed E-state index contributed by atoms with van der Waals surface area (Å²) in [5, 5.41) is 0. The summed E-state index contributed by atoms with van der Waals surface area (Å²) in [6.45, 7) is 1.87. The van der Waals surface area contributed by atoms with E-state index in [1.54, 1.807) is 6.20 Å². The summed E-state index contributed by atoms with van der Waals surface area (Å²) in [7, 11) is 0. The van der Waals surface area contributed by atoms with Crippen molar-refractivity contribution >= 4 is 11.0 Å². The third-order valence-corrected chi connectivity index (χ3v) is 2.73. The van der Waals surface area contributed by atoms with Gasteiger partial charge < -0.3 is 4.98 Å². The van der Waals surface area contributed by atoms with Crippen molar-refractivity contribution in [1.82, 2.24) is 15.0 Å². The molecule has 0 radical (unpaired) electrons. The Morgan fingerprint density at radius 1 is 1.11 bits per heavy atom. The molecule has 0 saturated carbocycles. The van der Waals surface area contributed by atoms with Crippen molar-refractivity contribution in [2.45, 2.75) is 6.92 Å². The lowest BCUT2D eigenvalue weighted by Gasteiger charge is -1.95. The van der Waals surface area contributed by atoms with Gasteiger partial charge in [0.25, 0.3) is 0 Å². The van der Waals surface area contributed by atoms with Crippen molar-refractivity contribution < 1.29 is 8.78 Å². The summed E-state index contributed by atoms with van der Waals surface area (Å²) in [6.07, 6.45) is 1.64. The van der Waals surface area contributed by atoms with Crippen molar-refractivity contribution in [2.24, 2.45) is 0 Å². The van der Waals surface area contributed by atoms with E-state index in [-0.39, 0.29) is 5.52 Å². The Kier molecular flexibility index (Phi) is 2.33. The first-order valence-corrected chi connectivity index (χ1v) is 5.42. The molecule has 3 nitrogen and oxygen atoms in total. The monoisotopic (exact) mass is 245 g/mol. The molecule has 1 N–H and O–H groups in total. The fourth-order valence-corrected chi connectivity index (χ4v) is 1.76. The summed E-state index contributed by atoms with van der Waals surface area (Å²) >= 11 is 0. The summed E-state index contributed by atoms with van der Waals surface area (Å²) in [5.74, 6) is -1.36. The standard InChI is InChI=1S/C13H9F2N3/c1-7-2-3-8(6-16-7)13-17-10-5-4-9(14)11(15)12(10)18-13/h2-6H,1H3,(H,17,18). The second-order valence-electron chi connectivity index (χ2n) is 4.03.